The third-order valence-corrected chi connectivity index (χ3v) is 5.32. The Bertz CT molecular complexity index is 1570. The van der Waals surface area contributed by atoms with E-state index in [9.17, 15) is 20.2 Å². The number of nitro groups is 1. The van der Waals surface area contributed by atoms with E-state index in [1.807, 2.05) is 59.2 Å². The number of benzene rings is 3. The van der Waals surface area contributed by atoms with Gasteiger partial charge in [-0.2, -0.15) is 5.26 Å². The Morgan fingerprint density at radius 3 is 2.33 bits per heavy atom. The average Bonchev–Trinajstić information content (AvgIpc) is 3.09. The van der Waals surface area contributed by atoms with Crippen LogP contribution in [0, 0.1) is 21.4 Å². The number of aromatic nitrogens is 2. The summed E-state index contributed by atoms with van der Waals surface area (Å²) in [7, 11) is 0. The molecule has 0 amide bonds. The zero-order valence-electron chi connectivity index (χ0n) is 15.6. The van der Waals surface area contributed by atoms with Gasteiger partial charge < -0.3 is 4.57 Å². The van der Waals surface area contributed by atoms with Crippen molar-refractivity contribution in [1.82, 2.24) is 8.97 Å². The lowest BCUT2D eigenvalue weighted by Gasteiger charge is -2.09. The van der Waals surface area contributed by atoms with Crippen LogP contribution in [0.2, 0.25) is 0 Å². The van der Waals surface area contributed by atoms with Gasteiger partial charge in [0.15, 0.2) is 0 Å². The zero-order valence-corrected chi connectivity index (χ0v) is 15.6. The lowest BCUT2D eigenvalue weighted by Crippen LogP contribution is -2.16. The fourth-order valence-electron chi connectivity index (χ4n) is 4.00. The zero-order chi connectivity index (χ0) is 20.8. The summed E-state index contributed by atoms with van der Waals surface area (Å²) in [5.41, 5.74) is 2.71. The van der Waals surface area contributed by atoms with Gasteiger partial charge in [0.05, 0.1) is 21.3 Å². The van der Waals surface area contributed by atoms with Crippen LogP contribution in [0.1, 0.15) is 11.1 Å². The highest BCUT2D eigenvalue weighted by molar-refractivity contribution is 5.97. The van der Waals surface area contributed by atoms with Crippen molar-refractivity contribution in [3.8, 4) is 6.07 Å². The molecule has 0 aliphatic heterocycles. The Balaban J connectivity index is 1.99. The molecule has 2 heterocycles. The van der Waals surface area contributed by atoms with Crippen molar-refractivity contribution >= 4 is 33.1 Å². The Labute approximate surface area is 169 Å². The summed E-state index contributed by atoms with van der Waals surface area (Å²) in [5, 5.41) is 21.8. The summed E-state index contributed by atoms with van der Waals surface area (Å²) in [6, 6.07) is 23.5. The van der Waals surface area contributed by atoms with Gasteiger partial charge in [-0.1, -0.05) is 42.5 Å². The molecular formula is C23H14N4O3. The Morgan fingerprint density at radius 2 is 1.63 bits per heavy atom. The predicted molar refractivity (Wildman–Crippen MR) is 114 cm³/mol. The molecule has 0 unspecified atom stereocenters. The molecule has 7 heteroatoms. The van der Waals surface area contributed by atoms with Crippen LogP contribution in [-0.4, -0.2) is 13.9 Å². The molecule has 0 saturated carbocycles. The maximum Gasteiger partial charge on any atom is 0.270 e. The Hall–Kier alpha value is -4.44. The minimum absolute atomic E-state index is 0.154. The fraction of sp³-hybridized carbons (Fsp3) is 0.0435. The van der Waals surface area contributed by atoms with E-state index >= 15 is 0 Å². The van der Waals surface area contributed by atoms with Gasteiger partial charge in [-0.05, 0) is 23.8 Å². The van der Waals surface area contributed by atoms with Crippen LogP contribution < -0.4 is 5.56 Å². The summed E-state index contributed by atoms with van der Waals surface area (Å²) in [6.07, 6.45) is 0. The number of imidazole rings is 1. The maximum atomic E-state index is 13.4. The molecule has 0 aliphatic carbocycles. The van der Waals surface area contributed by atoms with Crippen molar-refractivity contribution in [2.24, 2.45) is 0 Å². The van der Waals surface area contributed by atoms with Gasteiger partial charge in [-0.15, -0.1) is 0 Å². The van der Waals surface area contributed by atoms with E-state index in [1.54, 1.807) is 0 Å². The molecule has 7 nitrogen and oxygen atoms in total. The van der Waals surface area contributed by atoms with E-state index in [4.69, 9.17) is 0 Å². The van der Waals surface area contributed by atoms with Gasteiger partial charge in [-0.3, -0.25) is 19.3 Å². The number of hydrogen-bond donors (Lipinski definition) is 0. The minimum atomic E-state index is -0.543. The number of para-hydroxylation sites is 2. The molecule has 3 aromatic carbocycles. The summed E-state index contributed by atoms with van der Waals surface area (Å²) >= 11 is 0. The van der Waals surface area contributed by atoms with E-state index in [-0.39, 0.29) is 16.6 Å². The summed E-state index contributed by atoms with van der Waals surface area (Å²) in [6.45, 7) is 0.477. The quantitative estimate of drug-likeness (QED) is 0.338. The summed E-state index contributed by atoms with van der Waals surface area (Å²) in [4.78, 5) is 24.1. The third kappa shape index (κ3) is 2.48. The van der Waals surface area contributed by atoms with Gasteiger partial charge in [0.2, 0.25) is 0 Å². The topological polar surface area (TPSA) is 93.3 Å². The van der Waals surface area contributed by atoms with Gasteiger partial charge in [0.25, 0.3) is 11.2 Å². The van der Waals surface area contributed by atoms with Crippen LogP contribution in [0.25, 0.3) is 27.5 Å². The molecule has 0 atom stereocenters. The highest BCUT2D eigenvalue weighted by Crippen LogP contribution is 2.29. The molecule has 0 aliphatic rings. The van der Waals surface area contributed by atoms with Gasteiger partial charge in [-0.25, -0.2) is 0 Å². The number of nitro benzene ring substituents is 1. The lowest BCUT2D eigenvalue weighted by atomic mass is 10.1. The number of nitrogens with zero attached hydrogens (tertiary/aromatic N) is 4. The van der Waals surface area contributed by atoms with E-state index < -0.39 is 4.92 Å². The van der Waals surface area contributed by atoms with Crippen molar-refractivity contribution in [3.05, 3.63) is 104 Å². The predicted octanol–water partition coefficient (Wildman–Crippen LogP) is 4.24. The van der Waals surface area contributed by atoms with Gasteiger partial charge in [0, 0.05) is 24.1 Å². The molecule has 5 aromatic rings. The minimum Gasteiger partial charge on any atom is -0.320 e. The second-order valence-corrected chi connectivity index (χ2v) is 7.00. The Kier molecular flexibility index (Phi) is 3.86. The summed E-state index contributed by atoms with van der Waals surface area (Å²) < 4.78 is 3.44. The number of pyridine rings is 1. The van der Waals surface area contributed by atoms with E-state index in [0.29, 0.717) is 28.7 Å². The number of rotatable bonds is 3. The first kappa shape index (κ1) is 17.6. The van der Waals surface area contributed by atoms with Crippen molar-refractivity contribution < 1.29 is 4.92 Å². The molecule has 144 valence electrons. The summed E-state index contributed by atoms with van der Waals surface area (Å²) in [5.74, 6) is 0. The smallest absolute Gasteiger partial charge is 0.270 e. The molecule has 0 N–H and O–H groups in total. The first-order valence-corrected chi connectivity index (χ1v) is 9.28. The second kappa shape index (κ2) is 6.57. The molecule has 2 aromatic heterocycles. The molecule has 0 fully saturated rings. The van der Waals surface area contributed by atoms with Crippen molar-refractivity contribution in [2.75, 3.05) is 0 Å². The molecule has 0 bridgehead atoms. The molecular weight excluding hydrogens is 380 g/mol. The van der Waals surface area contributed by atoms with Crippen LogP contribution in [0.4, 0.5) is 5.69 Å². The first-order chi connectivity index (χ1) is 14.6. The van der Waals surface area contributed by atoms with Crippen LogP contribution >= 0.6 is 0 Å². The maximum absolute atomic E-state index is 13.4. The normalized spacial score (nSPS) is 11.2. The van der Waals surface area contributed by atoms with Gasteiger partial charge in [0.1, 0.15) is 17.3 Å². The van der Waals surface area contributed by atoms with Crippen molar-refractivity contribution in [3.63, 3.8) is 0 Å². The standard InChI is InChI=1S/C23H14N4O3/c24-13-19-17-11-10-16(27(29)30)12-18(17)23(28)26-21-9-5-4-8-20(21)25(22(19)26)14-15-6-2-1-3-7-15/h1-12H,14H2. The van der Waals surface area contributed by atoms with Crippen LogP contribution in [0.3, 0.4) is 0 Å². The van der Waals surface area contributed by atoms with E-state index in [0.717, 1.165) is 11.1 Å². The van der Waals surface area contributed by atoms with Gasteiger partial charge >= 0.3 is 0 Å². The molecule has 30 heavy (non-hydrogen) atoms. The van der Waals surface area contributed by atoms with E-state index in [1.165, 1.54) is 22.6 Å². The Morgan fingerprint density at radius 1 is 0.933 bits per heavy atom. The third-order valence-electron chi connectivity index (χ3n) is 5.32. The number of nitriles is 1. The average molecular weight is 394 g/mol. The molecule has 5 rings (SSSR count). The highest BCUT2D eigenvalue weighted by atomic mass is 16.6. The highest BCUT2D eigenvalue weighted by Gasteiger charge is 2.21. The lowest BCUT2D eigenvalue weighted by molar-refractivity contribution is -0.384. The van der Waals surface area contributed by atoms with Crippen molar-refractivity contribution in [1.29, 1.82) is 5.26 Å². The van der Waals surface area contributed by atoms with E-state index in [2.05, 4.69) is 6.07 Å². The SMILES string of the molecule is N#Cc1c2ccc([N+](=O)[O-])cc2c(=O)n2c3ccccc3n(Cc3ccccc3)c12. The van der Waals surface area contributed by atoms with Crippen molar-refractivity contribution in [2.45, 2.75) is 6.54 Å². The number of non-ortho nitro benzene ring substituents is 1. The first-order valence-electron chi connectivity index (χ1n) is 9.28. The fourth-order valence-corrected chi connectivity index (χ4v) is 4.00. The van der Waals surface area contributed by atoms with Crippen LogP contribution in [0.15, 0.2) is 77.6 Å². The number of fused-ring (bicyclic) bond motifs is 4. The molecule has 0 spiro atoms. The largest absolute Gasteiger partial charge is 0.320 e. The number of hydrogen-bond acceptors (Lipinski definition) is 4. The van der Waals surface area contributed by atoms with Crippen LogP contribution in [0.5, 0.6) is 0 Å². The molecule has 0 radical (unpaired) electrons. The van der Waals surface area contributed by atoms with Crippen LogP contribution in [-0.2, 0) is 6.54 Å². The monoisotopic (exact) mass is 394 g/mol. The molecule has 0 saturated heterocycles. The second-order valence-electron chi connectivity index (χ2n) is 7.00.